The van der Waals surface area contributed by atoms with Crippen molar-refractivity contribution >= 4 is 11.9 Å². The average molecular weight is 429 g/mol. The van der Waals surface area contributed by atoms with E-state index in [1.807, 2.05) is 0 Å². The van der Waals surface area contributed by atoms with Crippen LogP contribution in [0.3, 0.4) is 0 Å². The molecule has 0 amide bonds. The summed E-state index contributed by atoms with van der Waals surface area (Å²) in [4.78, 5) is 21.6. The molecule has 0 spiro atoms. The van der Waals surface area contributed by atoms with E-state index in [1.54, 1.807) is 0 Å². The van der Waals surface area contributed by atoms with Crippen molar-refractivity contribution < 1.29 is 19.8 Å². The highest BCUT2D eigenvalue weighted by Crippen LogP contribution is 2.14. The van der Waals surface area contributed by atoms with E-state index in [-0.39, 0.29) is 6.42 Å². The second-order valence-electron chi connectivity index (χ2n) is 8.03. The minimum atomic E-state index is -1.26. The Morgan fingerprint density at radius 1 is 0.581 bits per heavy atom. The van der Waals surface area contributed by atoms with E-state index >= 15 is 0 Å². The zero-order chi connectivity index (χ0) is 23.0. The SMILES string of the molecule is C#CCCCCCCCCCC#CC#CCCCCCCCCCC(C(=O)O)C(=O)O. The number of aliphatic carboxylic acids is 2. The quantitative estimate of drug-likeness (QED) is 0.141. The fourth-order valence-electron chi connectivity index (χ4n) is 3.34. The number of rotatable bonds is 19. The molecule has 0 aliphatic carbocycles. The van der Waals surface area contributed by atoms with Gasteiger partial charge in [-0.25, -0.2) is 0 Å². The van der Waals surface area contributed by atoms with Crippen molar-refractivity contribution in [3.8, 4) is 36.0 Å². The zero-order valence-corrected chi connectivity index (χ0v) is 19.1. The minimum absolute atomic E-state index is 0.217. The summed E-state index contributed by atoms with van der Waals surface area (Å²) in [6, 6.07) is 0. The Labute approximate surface area is 189 Å². The molecule has 4 heteroatoms. The van der Waals surface area contributed by atoms with E-state index < -0.39 is 17.9 Å². The number of hydrogen-bond acceptors (Lipinski definition) is 2. The molecular formula is C27H40O4. The Bertz CT molecular complexity index is 622. The molecule has 0 unspecified atom stereocenters. The fraction of sp³-hybridized carbons (Fsp3) is 0.704. The van der Waals surface area contributed by atoms with Gasteiger partial charge in [0.2, 0.25) is 0 Å². The van der Waals surface area contributed by atoms with Crippen molar-refractivity contribution in [2.45, 2.75) is 116 Å². The molecule has 0 saturated carbocycles. The maximum absolute atomic E-state index is 10.8. The molecule has 0 atom stereocenters. The fourth-order valence-corrected chi connectivity index (χ4v) is 3.34. The van der Waals surface area contributed by atoms with Gasteiger partial charge in [0.15, 0.2) is 5.92 Å². The third-order valence-electron chi connectivity index (χ3n) is 5.25. The number of carbonyl (C=O) groups is 2. The van der Waals surface area contributed by atoms with E-state index in [2.05, 4.69) is 29.6 Å². The summed E-state index contributed by atoms with van der Waals surface area (Å²) in [5.74, 6) is 11.1. The van der Waals surface area contributed by atoms with Crippen LogP contribution in [0.2, 0.25) is 0 Å². The maximum atomic E-state index is 10.8. The first-order valence-corrected chi connectivity index (χ1v) is 11.9. The van der Waals surface area contributed by atoms with Gasteiger partial charge >= 0.3 is 11.9 Å². The lowest BCUT2D eigenvalue weighted by Crippen LogP contribution is -2.23. The summed E-state index contributed by atoms with van der Waals surface area (Å²) in [6.07, 6.45) is 23.9. The molecule has 0 aliphatic heterocycles. The summed E-state index contributed by atoms with van der Waals surface area (Å²) in [5, 5.41) is 17.6. The zero-order valence-electron chi connectivity index (χ0n) is 19.1. The van der Waals surface area contributed by atoms with Gasteiger partial charge in [-0.05, 0) is 37.5 Å². The van der Waals surface area contributed by atoms with Crippen LogP contribution < -0.4 is 0 Å². The van der Waals surface area contributed by atoms with E-state index in [9.17, 15) is 9.59 Å². The highest BCUT2D eigenvalue weighted by atomic mass is 16.4. The van der Waals surface area contributed by atoms with E-state index in [0.29, 0.717) is 6.42 Å². The largest absolute Gasteiger partial charge is 0.481 e. The third kappa shape index (κ3) is 20.7. The van der Waals surface area contributed by atoms with Crippen LogP contribution in [0.1, 0.15) is 116 Å². The molecular weight excluding hydrogens is 388 g/mol. The number of carboxylic acids is 2. The van der Waals surface area contributed by atoms with Gasteiger partial charge in [0.05, 0.1) is 0 Å². The lowest BCUT2D eigenvalue weighted by molar-refractivity contribution is -0.154. The van der Waals surface area contributed by atoms with Gasteiger partial charge in [-0.15, -0.1) is 12.3 Å². The van der Waals surface area contributed by atoms with E-state index in [0.717, 1.165) is 70.6 Å². The van der Waals surface area contributed by atoms with E-state index in [4.69, 9.17) is 16.6 Å². The summed E-state index contributed by atoms with van der Waals surface area (Å²) < 4.78 is 0. The normalized spacial score (nSPS) is 9.94. The molecule has 2 N–H and O–H groups in total. The second kappa shape index (κ2) is 22.3. The molecule has 0 saturated heterocycles. The van der Waals surface area contributed by atoms with Crippen LogP contribution in [0.15, 0.2) is 0 Å². The smallest absolute Gasteiger partial charge is 0.317 e. The lowest BCUT2D eigenvalue weighted by atomic mass is 10.0. The van der Waals surface area contributed by atoms with Crippen molar-refractivity contribution in [1.29, 1.82) is 0 Å². The van der Waals surface area contributed by atoms with Crippen LogP contribution in [-0.2, 0) is 9.59 Å². The van der Waals surface area contributed by atoms with Crippen LogP contribution in [0.5, 0.6) is 0 Å². The maximum Gasteiger partial charge on any atom is 0.317 e. The molecule has 4 nitrogen and oxygen atoms in total. The first-order valence-electron chi connectivity index (χ1n) is 11.9. The Morgan fingerprint density at radius 3 is 1.32 bits per heavy atom. The van der Waals surface area contributed by atoms with Gasteiger partial charge in [0, 0.05) is 19.3 Å². The highest BCUT2D eigenvalue weighted by Gasteiger charge is 2.24. The molecule has 172 valence electrons. The van der Waals surface area contributed by atoms with Gasteiger partial charge in [-0.2, -0.15) is 0 Å². The summed E-state index contributed by atoms with van der Waals surface area (Å²) in [7, 11) is 0. The topological polar surface area (TPSA) is 74.6 Å². The predicted molar refractivity (Wildman–Crippen MR) is 126 cm³/mol. The first-order chi connectivity index (χ1) is 15.1. The van der Waals surface area contributed by atoms with Gasteiger partial charge in [-0.1, -0.05) is 82.5 Å². The van der Waals surface area contributed by atoms with Crippen molar-refractivity contribution in [3.63, 3.8) is 0 Å². The molecule has 0 aromatic carbocycles. The molecule has 0 aromatic rings. The third-order valence-corrected chi connectivity index (χ3v) is 5.25. The van der Waals surface area contributed by atoms with E-state index in [1.165, 1.54) is 32.1 Å². The molecule has 0 bridgehead atoms. The van der Waals surface area contributed by atoms with Crippen LogP contribution in [0.4, 0.5) is 0 Å². The molecule has 0 aromatic heterocycles. The van der Waals surface area contributed by atoms with Crippen LogP contribution >= 0.6 is 0 Å². The summed E-state index contributed by atoms with van der Waals surface area (Å²) >= 11 is 0. The van der Waals surface area contributed by atoms with Crippen molar-refractivity contribution in [3.05, 3.63) is 0 Å². The lowest BCUT2D eigenvalue weighted by Gasteiger charge is -2.06. The highest BCUT2D eigenvalue weighted by molar-refractivity contribution is 5.92. The Morgan fingerprint density at radius 2 is 0.935 bits per heavy atom. The van der Waals surface area contributed by atoms with Crippen molar-refractivity contribution in [2.75, 3.05) is 0 Å². The first kappa shape index (κ1) is 28.6. The predicted octanol–water partition coefficient (Wildman–Crippen LogP) is 6.43. The molecule has 0 heterocycles. The Balaban J connectivity index is 3.41. The van der Waals surface area contributed by atoms with Crippen LogP contribution in [-0.4, -0.2) is 22.2 Å². The monoisotopic (exact) mass is 428 g/mol. The number of unbranched alkanes of at least 4 members (excludes halogenated alkanes) is 15. The Hall–Kier alpha value is -2.38. The Kier molecular flexibility index (Phi) is 20.6. The van der Waals surface area contributed by atoms with Gasteiger partial charge in [0.25, 0.3) is 0 Å². The van der Waals surface area contributed by atoms with Gasteiger partial charge in [0.1, 0.15) is 0 Å². The molecule has 0 rings (SSSR count). The molecule has 31 heavy (non-hydrogen) atoms. The van der Waals surface area contributed by atoms with Crippen molar-refractivity contribution in [1.82, 2.24) is 0 Å². The second-order valence-corrected chi connectivity index (χ2v) is 8.03. The summed E-state index contributed by atoms with van der Waals surface area (Å²) in [5.41, 5.74) is 0. The van der Waals surface area contributed by atoms with Gasteiger partial charge in [-0.3, -0.25) is 9.59 Å². The van der Waals surface area contributed by atoms with Crippen molar-refractivity contribution in [2.24, 2.45) is 5.92 Å². The number of carboxylic acid groups (broad SMARTS) is 2. The minimum Gasteiger partial charge on any atom is -0.481 e. The molecule has 0 fully saturated rings. The number of hydrogen-bond donors (Lipinski definition) is 2. The summed E-state index contributed by atoms with van der Waals surface area (Å²) in [6.45, 7) is 0. The van der Waals surface area contributed by atoms with Crippen LogP contribution in [0.25, 0.3) is 0 Å². The number of terminal acetylenes is 1. The standard InChI is InChI=1S/C27H40O4/c1-2-3-4-5-6-7-8-9-10-11-12-13-14-15-16-17-18-19-20-21-22-23-24-25(26(28)29)27(30)31/h1,25H,3-11,16-24H2,(H,28,29)(H,30,31). The molecule has 0 radical (unpaired) electrons. The average Bonchev–Trinajstić information content (AvgIpc) is 2.73. The van der Waals surface area contributed by atoms with Gasteiger partial charge < -0.3 is 10.2 Å². The molecule has 0 aliphatic rings. The van der Waals surface area contributed by atoms with Crippen LogP contribution in [0, 0.1) is 41.9 Å².